The summed E-state index contributed by atoms with van der Waals surface area (Å²) in [7, 11) is 0. The highest BCUT2D eigenvalue weighted by molar-refractivity contribution is 6.04. The van der Waals surface area contributed by atoms with E-state index in [1.54, 1.807) is 36.4 Å². The predicted octanol–water partition coefficient (Wildman–Crippen LogP) is 3.69. The highest BCUT2D eigenvalue weighted by Crippen LogP contribution is 2.19. The fourth-order valence-corrected chi connectivity index (χ4v) is 3.08. The van der Waals surface area contributed by atoms with Crippen LogP contribution >= 0.6 is 0 Å². The maximum atomic E-state index is 12.5. The Morgan fingerprint density at radius 2 is 1.68 bits per heavy atom. The summed E-state index contributed by atoms with van der Waals surface area (Å²) in [6.07, 6.45) is 0. The summed E-state index contributed by atoms with van der Waals surface area (Å²) in [6.45, 7) is 2.78. The van der Waals surface area contributed by atoms with Crippen molar-refractivity contribution >= 4 is 17.5 Å². The molecule has 31 heavy (non-hydrogen) atoms. The van der Waals surface area contributed by atoms with Crippen molar-refractivity contribution in [3.05, 3.63) is 101 Å². The van der Waals surface area contributed by atoms with Crippen LogP contribution in [0.4, 0.5) is 5.69 Å². The maximum Gasteiger partial charge on any atom is 0.255 e. The lowest BCUT2D eigenvalue weighted by molar-refractivity contribution is -0.122. The van der Waals surface area contributed by atoms with Gasteiger partial charge >= 0.3 is 0 Å². The molecule has 6 heteroatoms. The Bertz CT molecular complexity index is 1100. The molecule has 2 amide bonds. The molecule has 0 aliphatic carbocycles. The van der Waals surface area contributed by atoms with Crippen molar-refractivity contribution in [2.24, 2.45) is 5.73 Å². The van der Waals surface area contributed by atoms with E-state index < -0.39 is 0 Å². The Morgan fingerprint density at radius 3 is 2.32 bits per heavy atom. The molecule has 0 radical (unpaired) electrons. The zero-order valence-corrected chi connectivity index (χ0v) is 17.3. The van der Waals surface area contributed by atoms with Gasteiger partial charge < -0.3 is 16.4 Å². The number of nitrogens with one attached hydrogen (secondary N) is 2. The molecule has 1 unspecified atom stereocenters. The lowest BCUT2D eigenvalue weighted by Crippen LogP contribution is -2.27. The second-order valence-electron chi connectivity index (χ2n) is 7.23. The summed E-state index contributed by atoms with van der Waals surface area (Å²) in [4.78, 5) is 24.9. The fourth-order valence-electron chi connectivity index (χ4n) is 3.08. The molecule has 6 nitrogen and oxygen atoms in total. The third kappa shape index (κ3) is 5.78. The first-order valence-corrected chi connectivity index (χ1v) is 9.97. The van der Waals surface area contributed by atoms with Crippen LogP contribution < -0.4 is 16.4 Å². The number of anilines is 1. The van der Waals surface area contributed by atoms with Crippen LogP contribution in [-0.2, 0) is 17.9 Å². The van der Waals surface area contributed by atoms with Gasteiger partial charge in [-0.05, 0) is 53.9 Å². The van der Waals surface area contributed by atoms with Crippen LogP contribution in [0.25, 0.3) is 0 Å². The van der Waals surface area contributed by atoms with Gasteiger partial charge in [-0.2, -0.15) is 5.26 Å². The van der Waals surface area contributed by atoms with Crippen LogP contribution in [0.15, 0.2) is 72.8 Å². The van der Waals surface area contributed by atoms with Gasteiger partial charge in [0.05, 0.1) is 17.6 Å². The monoisotopic (exact) mass is 412 g/mol. The molecule has 0 fully saturated rings. The molecule has 0 spiro atoms. The largest absolute Gasteiger partial charge is 0.352 e. The lowest BCUT2D eigenvalue weighted by atomic mass is 10.00. The number of hydrogen-bond donors (Lipinski definition) is 3. The van der Waals surface area contributed by atoms with Crippen LogP contribution in [0.1, 0.15) is 45.5 Å². The number of carbonyl (C=O) groups excluding carboxylic acids is 2. The number of benzene rings is 3. The van der Waals surface area contributed by atoms with Crippen LogP contribution in [-0.4, -0.2) is 11.8 Å². The normalized spacial score (nSPS) is 11.3. The number of carbonyl (C=O) groups is 2. The molecule has 0 heterocycles. The minimum atomic E-state index is -0.333. The minimum absolute atomic E-state index is 0.0759. The van der Waals surface area contributed by atoms with Crippen LogP contribution in [0.2, 0.25) is 0 Å². The number of nitrogens with zero attached hydrogens (tertiary/aromatic N) is 1. The van der Waals surface area contributed by atoms with Gasteiger partial charge in [0.15, 0.2) is 0 Å². The van der Waals surface area contributed by atoms with Gasteiger partial charge in [0.2, 0.25) is 5.91 Å². The molecule has 1 atom stereocenters. The highest BCUT2D eigenvalue weighted by atomic mass is 16.2. The molecule has 3 aromatic carbocycles. The van der Waals surface area contributed by atoms with Gasteiger partial charge in [-0.25, -0.2) is 0 Å². The van der Waals surface area contributed by atoms with Gasteiger partial charge in [0.25, 0.3) is 5.91 Å². The van der Waals surface area contributed by atoms with E-state index in [1.165, 1.54) is 0 Å². The van der Waals surface area contributed by atoms with Crippen molar-refractivity contribution in [1.29, 1.82) is 5.26 Å². The fraction of sp³-hybridized carbons (Fsp3) is 0.160. The number of rotatable bonds is 7. The van der Waals surface area contributed by atoms with E-state index in [0.29, 0.717) is 29.9 Å². The highest BCUT2D eigenvalue weighted by Gasteiger charge is 2.15. The molecular formula is C25H24N4O2. The van der Waals surface area contributed by atoms with E-state index in [9.17, 15) is 9.59 Å². The van der Waals surface area contributed by atoms with Crippen molar-refractivity contribution < 1.29 is 9.59 Å². The van der Waals surface area contributed by atoms with E-state index in [0.717, 1.165) is 16.7 Å². The Labute approximate surface area is 181 Å². The second-order valence-corrected chi connectivity index (χ2v) is 7.23. The van der Waals surface area contributed by atoms with Gasteiger partial charge in [-0.3, -0.25) is 9.59 Å². The van der Waals surface area contributed by atoms with Gasteiger partial charge in [0, 0.05) is 24.3 Å². The summed E-state index contributed by atoms with van der Waals surface area (Å²) < 4.78 is 0. The van der Waals surface area contributed by atoms with Gasteiger partial charge in [-0.15, -0.1) is 0 Å². The Hall–Kier alpha value is -3.95. The number of hydrogen-bond acceptors (Lipinski definition) is 4. The summed E-state index contributed by atoms with van der Waals surface area (Å²) in [5, 5.41) is 14.7. The topological polar surface area (TPSA) is 108 Å². The summed E-state index contributed by atoms with van der Waals surface area (Å²) in [5.41, 5.74) is 9.96. The molecule has 3 rings (SSSR count). The summed E-state index contributed by atoms with van der Waals surface area (Å²) in [6, 6.07) is 23.5. The lowest BCUT2D eigenvalue weighted by Gasteiger charge is -2.14. The molecule has 156 valence electrons. The van der Waals surface area contributed by atoms with Crippen LogP contribution in [0.5, 0.6) is 0 Å². The Morgan fingerprint density at radius 1 is 1.00 bits per heavy atom. The molecule has 0 aromatic heterocycles. The Balaban J connectivity index is 1.57. The number of nitriles is 1. The minimum Gasteiger partial charge on any atom is -0.352 e. The molecule has 0 saturated carbocycles. The molecule has 0 aliphatic rings. The molecule has 0 bridgehead atoms. The van der Waals surface area contributed by atoms with E-state index in [-0.39, 0.29) is 17.7 Å². The van der Waals surface area contributed by atoms with Crippen molar-refractivity contribution in [2.75, 3.05) is 5.32 Å². The van der Waals surface area contributed by atoms with Crippen molar-refractivity contribution in [1.82, 2.24) is 5.32 Å². The molecular weight excluding hydrogens is 388 g/mol. The summed E-state index contributed by atoms with van der Waals surface area (Å²) >= 11 is 0. The predicted molar refractivity (Wildman–Crippen MR) is 120 cm³/mol. The second kappa shape index (κ2) is 10.2. The number of amides is 2. The van der Waals surface area contributed by atoms with E-state index in [4.69, 9.17) is 11.0 Å². The van der Waals surface area contributed by atoms with E-state index in [1.807, 2.05) is 49.4 Å². The zero-order valence-electron chi connectivity index (χ0n) is 17.3. The maximum absolute atomic E-state index is 12.5. The molecule has 0 saturated heterocycles. The third-order valence-corrected chi connectivity index (χ3v) is 5.04. The molecule has 0 aliphatic heterocycles. The number of nitrogens with two attached hydrogens (primary N) is 1. The first-order chi connectivity index (χ1) is 15.0. The van der Waals surface area contributed by atoms with E-state index >= 15 is 0 Å². The molecule has 3 aromatic rings. The average Bonchev–Trinajstić information content (AvgIpc) is 2.82. The SMILES string of the molecule is CC(C(=O)NCc1ccc(CN)cc1)c1ccc(NC(=O)c2cccc(C#N)c2)cc1. The first kappa shape index (κ1) is 21.8. The van der Waals surface area contributed by atoms with E-state index in [2.05, 4.69) is 10.6 Å². The molecule has 4 N–H and O–H groups in total. The first-order valence-electron chi connectivity index (χ1n) is 9.97. The standard InChI is InChI=1S/C25H24N4O2/c1-17(24(30)28-16-19-7-5-18(14-26)6-8-19)21-9-11-23(12-10-21)29-25(31)22-4-2-3-20(13-22)15-27/h2-13,17H,14,16,26H2,1H3,(H,28,30)(H,29,31). The van der Waals surface area contributed by atoms with Crippen LogP contribution in [0, 0.1) is 11.3 Å². The van der Waals surface area contributed by atoms with Crippen molar-refractivity contribution in [2.45, 2.75) is 25.9 Å². The van der Waals surface area contributed by atoms with Gasteiger partial charge in [0.1, 0.15) is 0 Å². The van der Waals surface area contributed by atoms with Crippen molar-refractivity contribution in [3.8, 4) is 6.07 Å². The van der Waals surface area contributed by atoms with Crippen molar-refractivity contribution in [3.63, 3.8) is 0 Å². The quantitative estimate of drug-likeness (QED) is 0.550. The smallest absolute Gasteiger partial charge is 0.255 e. The third-order valence-electron chi connectivity index (χ3n) is 5.04. The Kier molecular flexibility index (Phi) is 7.15. The van der Waals surface area contributed by atoms with Gasteiger partial charge in [-0.1, -0.05) is 42.5 Å². The average molecular weight is 412 g/mol. The summed E-state index contributed by atoms with van der Waals surface area (Å²) in [5.74, 6) is -0.704. The zero-order chi connectivity index (χ0) is 22.2. The van der Waals surface area contributed by atoms with Crippen LogP contribution in [0.3, 0.4) is 0 Å².